The van der Waals surface area contributed by atoms with Crippen LogP contribution in [-0.2, 0) is 0 Å². The standard InChI is InChI=1S/C23H24FN7O2/c1-29-8-10-31(11-9-29)23(33)30(2)13-6-7-15-17(12-13)27-21(26-15)19-20(25)18-14(24)4-3-5-16(18)28-22(19)32/h3-7,12H,8-11H2,1-2H3,(H,26,27)(H3,25,28,32). The largest absolute Gasteiger partial charge is 0.397 e. The molecule has 0 saturated carbocycles. The molecule has 0 aliphatic carbocycles. The molecule has 1 aliphatic heterocycles. The number of hydrogen-bond acceptors (Lipinski definition) is 5. The molecule has 3 heterocycles. The smallest absolute Gasteiger partial charge is 0.324 e. The summed E-state index contributed by atoms with van der Waals surface area (Å²) in [6, 6.07) is 9.69. The molecular formula is C23H24FN7O2. The summed E-state index contributed by atoms with van der Waals surface area (Å²) in [5, 5.41) is 0.144. The molecule has 0 bridgehead atoms. The molecule has 1 saturated heterocycles. The van der Waals surface area contributed by atoms with E-state index >= 15 is 0 Å². The third-order valence-electron chi connectivity index (χ3n) is 6.18. The number of halogens is 1. The van der Waals surface area contributed by atoms with Crippen LogP contribution >= 0.6 is 0 Å². The number of rotatable bonds is 2. The van der Waals surface area contributed by atoms with E-state index in [9.17, 15) is 14.0 Å². The van der Waals surface area contributed by atoms with Crippen LogP contribution in [0.1, 0.15) is 0 Å². The highest BCUT2D eigenvalue weighted by Gasteiger charge is 2.23. The van der Waals surface area contributed by atoms with Gasteiger partial charge in [0.25, 0.3) is 5.56 Å². The quantitative estimate of drug-likeness (QED) is 0.435. The van der Waals surface area contributed by atoms with Gasteiger partial charge in [0.1, 0.15) is 17.2 Å². The Morgan fingerprint density at radius 2 is 1.88 bits per heavy atom. The van der Waals surface area contributed by atoms with Gasteiger partial charge in [-0.2, -0.15) is 0 Å². The number of anilines is 2. The first-order valence-electron chi connectivity index (χ1n) is 10.6. The van der Waals surface area contributed by atoms with Crippen molar-refractivity contribution in [1.29, 1.82) is 0 Å². The third-order valence-corrected chi connectivity index (χ3v) is 6.18. The van der Waals surface area contributed by atoms with Gasteiger partial charge in [0.2, 0.25) is 0 Å². The van der Waals surface area contributed by atoms with Gasteiger partial charge in [0.15, 0.2) is 0 Å². The summed E-state index contributed by atoms with van der Waals surface area (Å²) in [4.78, 5) is 41.5. The van der Waals surface area contributed by atoms with E-state index < -0.39 is 11.4 Å². The van der Waals surface area contributed by atoms with E-state index in [1.165, 1.54) is 12.1 Å². The summed E-state index contributed by atoms with van der Waals surface area (Å²) in [6.45, 7) is 3.03. The first-order chi connectivity index (χ1) is 15.8. The van der Waals surface area contributed by atoms with Crippen LogP contribution in [0.15, 0.2) is 41.2 Å². The van der Waals surface area contributed by atoms with Gasteiger partial charge in [-0.25, -0.2) is 14.2 Å². The van der Waals surface area contributed by atoms with E-state index in [-0.39, 0.29) is 28.5 Å². The van der Waals surface area contributed by atoms with E-state index in [1.807, 2.05) is 11.9 Å². The predicted molar refractivity (Wildman–Crippen MR) is 127 cm³/mol. The molecule has 33 heavy (non-hydrogen) atoms. The molecule has 4 aromatic rings. The Kier molecular flexibility index (Phi) is 5.01. The van der Waals surface area contributed by atoms with E-state index in [4.69, 9.17) is 5.73 Å². The maximum atomic E-state index is 14.4. The lowest BCUT2D eigenvalue weighted by molar-refractivity contribution is 0.160. The van der Waals surface area contributed by atoms with Gasteiger partial charge < -0.3 is 25.5 Å². The molecule has 10 heteroatoms. The summed E-state index contributed by atoms with van der Waals surface area (Å²) in [5.74, 6) is -0.288. The Hall–Kier alpha value is -3.92. The lowest BCUT2D eigenvalue weighted by atomic mass is 10.1. The molecule has 2 aromatic heterocycles. The fourth-order valence-electron chi connectivity index (χ4n) is 4.21. The molecule has 0 unspecified atom stereocenters. The second kappa shape index (κ2) is 7.89. The van der Waals surface area contributed by atoms with Gasteiger partial charge in [0.05, 0.1) is 27.6 Å². The SMILES string of the molecule is CN1CCN(C(=O)N(C)c2ccc3nc(-c4c(N)c5c(F)cccc5[nH]c4=O)[nH]c3c2)CC1. The van der Waals surface area contributed by atoms with Gasteiger partial charge in [0, 0.05) is 38.9 Å². The second-order valence-corrected chi connectivity index (χ2v) is 8.32. The molecule has 1 aliphatic rings. The van der Waals surface area contributed by atoms with Gasteiger partial charge in [-0.3, -0.25) is 9.69 Å². The molecule has 2 aromatic carbocycles. The van der Waals surface area contributed by atoms with Crippen LogP contribution < -0.4 is 16.2 Å². The minimum absolute atomic E-state index is 0.0218. The number of nitrogens with one attached hydrogen (secondary N) is 2. The van der Waals surface area contributed by atoms with Crippen LogP contribution in [0, 0.1) is 5.82 Å². The zero-order chi connectivity index (χ0) is 23.3. The highest BCUT2D eigenvalue weighted by atomic mass is 19.1. The summed E-state index contributed by atoms with van der Waals surface area (Å²) >= 11 is 0. The number of H-pyrrole nitrogens is 2. The third kappa shape index (κ3) is 3.58. The number of amides is 2. The second-order valence-electron chi connectivity index (χ2n) is 8.32. The van der Waals surface area contributed by atoms with Crippen LogP contribution in [0.5, 0.6) is 0 Å². The average molecular weight is 449 g/mol. The number of piperazine rings is 1. The Morgan fingerprint density at radius 3 is 2.64 bits per heavy atom. The number of nitrogens with zero attached hydrogens (tertiary/aromatic N) is 4. The molecule has 170 valence electrons. The summed E-state index contributed by atoms with van der Waals surface area (Å²) in [6.07, 6.45) is 0. The number of imidazole rings is 1. The van der Waals surface area contributed by atoms with E-state index in [0.717, 1.165) is 13.1 Å². The van der Waals surface area contributed by atoms with Crippen LogP contribution in [0.25, 0.3) is 33.3 Å². The Balaban J connectivity index is 1.51. The van der Waals surface area contributed by atoms with Gasteiger partial charge in [-0.05, 0) is 37.4 Å². The van der Waals surface area contributed by atoms with E-state index in [2.05, 4.69) is 19.9 Å². The van der Waals surface area contributed by atoms with Crippen molar-refractivity contribution in [2.45, 2.75) is 0 Å². The maximum absolute atomic E-state index is 14.4. The molecule has 4 N–H and O–H groups in total. The van der Waals surface area contributed by atoms with Crippen molar-refractivity contribution in [2.75, 3.05) is 50.9 Å². The zero-order valence-corrected chi connectivity index (χ0v) is 18.4. The molecule has 1 fully saturated rings. The monoisotopic (exact) mass is 449 g/mol. The molecule has 5 rings (SSSR count). The van der Waals surface area contributed by atoms with Crippen molar-refractivity contribution in [1.82, 2.24) is 24.8 Å². The number of nitrogen functional groups attached to an aromatic ring is 1. The minimum atomic E-state index is -0.523. The van der Waals surface area contributed by atoms with Gasteiger partial charge >= 0.3 is 6.03 Å². The van der Waals surface area contributed by atoms with Crippen LogP contribution in [-0.4, -0.2) is 71.1 Å². The molecular weight excluding hydrogens is 425 g/mol. The lowest BCUT2D eigenvalue weighted by Gasteiger charge is -2.34. The van der Waals surface area contributed by atoms with Crippen LogP contribution in [0.4, 0.5) is 20.6 Å². The topological polar surface area (TPSA) is 114 Å². The number of nitrogens with two attached hydrogens (primary N) is 1. The number of carbonyl (C=O) groups excluding carboxylic acids is 1. The fourth-order valence-corrected chi connectivity index (χ4v) is 4.21. The number of carbonyl (C=O) groups is 1. The molecule has 9 nitrogen and oxygen atoms in total. The molecule has 0 radical (unpaired) electrons. The van der Waals surface area contributed by atoms with Gasteiger partial charge in [-0.15, -0.1) is 0 Å². The number of hydrogen-bond donors (Lipinski definition) is 3. The number of urea groups is 1. The summed E-state index contributed by atoms with van der Waals surface area (Å²) < 4.78 is 14.4. The van der Waals surface area contributed by atoms with Gasteiger partial charge in [-0.1, -0.05) is 6.07 Å². The van der Waals surface area contributed by atoms with Crippen molar-refractivity contribution < 1.29 is 9.18 Å². The number of pyridine rings is 1. The highest BCUT2D eigenvalue weighted by Crippen LogP contribution is 2.30. The van der Waals surface area contributed by atoms with E-state index in [0.29, 0.717) is 35.3 Å². The number of fused-ring (bicyclic) bond motifs is 2. The Morgan fingerprint density at radius 1 is 1.12 bits per heavy atom. The lowest BCUT2D eigenvalue weighted by Crippen LogP contribution is -2.51. The van der Waals surface area contributed by atoms with Crippen molar-refractivity contribution >= 4 is 39.3 Å². The van der Waals surface area contributed by atoms with Crippen molar-refractivity contribution in [3.05, 3.63) is 52.6 Å². The molecule has 0 atom stereocenters. The van der Waals surface area contributed by atoms with Crippen molar-refractivity contribution in [3.63, 3.8) is 0 Å². The first kappa shape index (κ1) is 21.0. The first-order valence-corrected chi connectivity index (χ1v) is 10.6. The van der Waals surface area contributed by atoms with Crippen LogP contribution in [0.3, 0.4) is 0 Å². The van der Waals surface area contributed by atoms with Crippen molar-refractivity contribution in [2.24, 2.45) is 0 Å². The number of aromatic amines is 2. The number of benzene rings is 2. The summed E-state index contributed by atoms with van der Waals surface area (Å²) in [7, 11) is 3.77. The number of likely N-dealkylation sites (N-methyl/N-ethyl adjacent to an activating group) is 1. The molecule has 2 amide bonds. The Bertz CT molecular complexity index is 1440. The highest BCUT2D eigenvalue weighted by molar-refractivity contribution is 5.99. The normalized spacial score (nSPS) is 14.8. The zero-order valence-electron chi connectivity index (χ0n) is 18.4. The predicted octanol–water partition coefficient (Wildman–Crippen LogP) is 2.60. The van der Waals surface area contributed by atoms with E-state index in [1.54, 1.807) is 36.2 Å². The average Bonchev–Trinajstić information content (AvgIpc) is 3.21. The number of aromatic nitrogens is 3. The van der Waals surface area contributed by atoms with Crippen LogP contribution in [0.2, 0.25) is 0 Å². The van der Waals surface area contributed by atoms with Crippen molar-refractivity contribution in [3.8, 4) is 11.4 Å². The Labute approximate surface area is 188 Å². The molecule has 0 spiro atoms. The summed E-state index contributed by atoms with van der Waals surface area (Å²) in [5.41, 5.74) is 8.08. The minimum Gasteiger partial charge on any atom is -0.397 e. The maximum Gasteiger partial charge on any atom is 0.324 e. The fraction of sp³-hybridized carbons (Fsp3) is 0.261.